The summed E-state index contributed by atoms with van der Waals surface area (Å²) in [5.74, 6) is -0.0341. The fourth-order valence-electron chi connectivity index (χ4n) is 2.57. The summed E-state index contributed by atoms with van der Waals surface area (Å²) in [6.07, 6.45) is 0. The van der Waals surface area contributed by atoms with E-state index in [1.807, 2.05) is 25.1 Å². The van der Waals surface area contributed by atoms with Crippen LogP contribution in [0.4, 0.5) is 11.4 Å². The average Bonchev–Trinajstić information content (AvgIpc) is 2.69. The van der Waals surface area contributed by atoms with Crippen LogP contribution < -0.4 is 15.4 Å². The Morgan fingerprint density at radius 2 is 1.46 bits per heavy atom. The van der Waals surface area contributed by atoms with Gasteiger partial charge in [0.15, 0.2) is 6.61 Å². The summed E-state index contributed by atoms with van der Waals surface area (Å²) in [6.45, 7) is 1.73. The topological polar surface area (TPSA) is 67.4 Å². The number of anilines is 2. The Bertz CT molecular complexity index is 987. The van der Waals surface area contributed by atoms with Gasteiger partial charge in [0.25, 0.3) is 11.8 Å². The van der Waals surface area contributed by atoms with Gasteiger partial charge in [-0.25, -0.2) is 0 Å². The van der Waals surface area contributed by atoms with Crippen molar-refractivity contribution in [3.8, 4) is 5.75 Å². The van der Waals surface area contributed by atoms with Gasteiger partial charge in [-0.1, -0.05) is 41.9 Å². The van der Waals surface area contributed by atoms with Crippen LogP contribution >= 0.6 is 11.6 Å². The number of halogens is 1. The highest BCUT2D eigenvalue weighted by Gasteiger charge is 2.09. The van der Waals surface area contributed by atoms with Crippen molar-refractivity contribution in [1.29, 1.82) is 0 Å². The van der Waals surface area contributed by atoms with Gasteiger partial charge >= 0.3 is 0 Å². The van der Waals surface area contributed by atoms with Crippen LogP contribution in [-0.2, 0) is 4.79 Å². The van der Waals surface area contributed by atoms with E-state index in [2.05, 4.69) is 10.6 Å². The Balaban J connectivity index is 1.54. The molecule has 0 unspecified atom stereocenters. The lowest BCUT2D eigenvalue weighted by Gasteiger charge is -2.10. The molecule has 2 amide bonds. The number of para-hydroxylation sites is 1. The number of amides is 2. The Morgan fingerprint density at radius 3 is 2.14 bits per heavy atom. The third-order valence-electron chi connectivity index (χ3n) is 4.01. The smallest absolute Gasteiger partial charge is 0.262 e. The number of hydrogen-bond acceptors (Lipinski definition) is 3. The van der Waals surface area contributed by atoms with Gasteiger partial charge in [0, 0.05) is 16.9 Å². The molecule has 3 aromatic carbocycles. The molecule has 0 aliphatic rings. The van der Waals surface area contributed by atoms with E-state index in [0.29, 0.717) is 27.7 Å². The van der Waals surface area contributed by atoms with Crippen LogP contribution in [-0.4, -0.2) is 18.4 Å². The molecule has 0 aliphatic carbocycles. The lowest BCUT2D eigenvalue weighted by molar-refractivity contribution is -0.118. The molecule has 0 atom stereocenters. The number of benzene rings is 3. The molecular weight excluding hydrogens is 376 g/mol. The molecule has 0 heterocycles. The van der Waals surface area contributed by atoms with Crippen LogP contribution in [0.1, 0.15) is 15.9 Å². The molecule has 0 saturated heterocycles. The third-order valence-corrected chi connectivity index (χ3v) is 4.32. The summed E-state index contributed by atoms with van der Waals surface area (Å²) in [7, 11) is 0. The predicted molar refractivity (Wildman–Crippen MR) is 111 cm³/mol. The predicted octanol–water partition coefficient (Wildman–Crippen LogP) is 4.92. The number of carbonyl (C=O) groups is 2. The highest BCUT2D eigenvalue weighted by molar-refractivity contribution is 6.32. The van der Waals surface area contributed by atoms with E-state index in [0.717, 1.165) is 5.56 Å². The first-order chi connectivity index (χ1) is 13.5. The average molecular weight is 395 g/mol. The van der Waals surface area contributed by atoms with Crippen LogP contribution in [0, 0.1) is 6.92 Å². The monoisotopic (exact) mass is 394 g/mol. The minimum Gasteiger partial charge on any atom is -0.482 e. The fraction of sp³-hybridized carbons (Fsp3) is 0.0909. The standard InChI is InChI=1S/C22H19ClN2O3/c1-15-6-2-3-7-18(15)22(27)25-17-12-10-16(11-13-17)24-21(26)14-28-20-9-5-4-8-19(20)23/h2-13H,14H2,1H3,(H,24,26)(H,25,27). The van der Waals surface area contributed by atoms with Gasteiger partial charge in [-0.05, 0) is 55.0 Å². The number of aryl methyl sites for hydroxylation is 1. The summed E-state index contributed by atoms with van der Waals surface area (Å²) in [6, 6.07) is 21.2. The zero-order chi connectivity index (χ0) is 19.9. The maximum atomic E-state index is 12.3. The van der Waals surface area contributed by atoms with E-state index in [9.17, 15) is 9.59 Å². The molecule has 5 nitrogen and oxygen atoms in total. The van der Waals surface area contributed by atoms with Crippen molar-refractivity contribution in [2.45, 2.75) is 6.92 Å². The van der Waals surface area contributed by atoms with Crippen molar-refractivity contribution in [1.82, 2.24) is 0 Å². The molecule has 3 aromatic rings. The lowest BCUT2D eigenvalue weighted by atomic mass is 10.1. The SMILES string of the molecule is Cc1ccccc1C(=O)Nc1ccc(NC(=O)COc2ccccc2Cl)cc1. The number of rotatable bonds is 6. The van der Waals surface area contributed by atoms with Gasteiger partial charge in [-0.3, -0.25) is 9.59 Å². The molecule has 0 aromatic heterocycles. The molecule has 0 saturated carbocycles. The van der Waals surface area contributed by atoms with E-state index < -0.39 is 0 Å². The van der Waals surface area contributed by atoms with Crippen molar-refractivity contribution in [2.75, 3.05) is 17.2 Å². The van der Waals surface area contributed by atoms with Crippen molar-refractivity contribution < 1.29 is 14.3 Å². The maximum Gasteiger partial charge on any atom is 0.262 e. The van der Waals surface area contributed by atoms with Crippen molar-refractivity contribution in [3.63, 3.8) is 0 Å². The highest BCUT2D eigenvalue weighted by atomic mass is 35.5. The Morgan fingerprint density at radius 1 is 0.857 bits per heavy atom. The van der Waals surface area contributed by atoms with Crippen LogP contribution in [0.3, 0.4) is 0 Å². The second kappa shape index (κ2) is 9.06. The van der Waals surface area contributed by atoms with Crippen LogP contribution in [0.2, 0.25) is 5.02 Å². The molecule has 0 aliphatic heterocycles. The Hall–Kier alpha value is -3.31. The molecule has 142 valence electrons. The second-order valence-corrected chi connectivity index (χ2v) is 6.52. The normalized spacial score (nSPS) is 10.2. The summed E-state index contributed by atoms with van der Waals surface area (Å²) in [5, 5.41) is 6.02. The van der Waals surface area contributed by atoms with Crippen LogP contribution in [0.15, 0.2) is 72.8 Å². The summed E-state index contributed by atoms with van der Waals surface area (Å²) < 4.78 is 5.41. The van der Waals surface area contributed by atoms with Gasteiger partial charge in [-0.15, -0.1) is 0 Å². The second-order valence-electron chi connectivity index (χ2n) is 6.11. The molecule has 0 bridgehead atoms. The maximum absolute atomic E-state index is 12.3. The van der Waals surface area contributed by atoms with E-state index in [4.69, 9.17) is 16.3 Å². The van der Waals surface area contributed by atoms with Gasteiger partial charge in [0.2, 0.25) is 0 Å². The number of ether oxygens (including phenoxy) is 1. The van der Waals surface area contributed by atoms with E-state index >= 15 is 0 Å². The third kappa shape index (κ3) is 5.11. The molecule has 2 N–H and O–H groups in total. The molecule has 0 fully saturated rings. The Labute approximate surface area is 168 Å². The van der Waals surface area contributed by atoms with Gasteiger partial charge in [0.1, 0.15) is 5.75 Å². The van der Waals surface area contributed by atoms with Crippen LogP contribution in [0.5, 0.6) is 5.75 Å². The zero-order valence-electron chi connectivity index (χ0n) is 15.2. The summed E-state index contributed by atoms with van der Waals surface area (Å²) in [5.41, 5.74) is 2.76. The zero-order valence-corrected chi connectivity index (χ0v) is 16.0. The molecule has 28 heavy (non-hydrogen) atoms. The minimum absolute atomic E-state index is 0.157. The quantitative estimate of drug-likeness (QED) is 0.623. The van der Waals surface area contributed by atoms with Crippen molar-refractivity contribution >= 4 is 34.8 Å². The summed E-state index contributed by atoms with van der Waals surface area (Å²) in [4.78, 5) is 24.4. The largest absolute Gasteiger partial charge is 0.482 e. The molecule has 3 rings (SSSR count). The van der Waals surface area contributed by atoms with E-state index in [-0.39, 0.29) is 18.4 Å². The van der Waals surface area contributed by atoms with Crippen molar-refractivity contribution in [2.24, 2.45) is 0 Å². The van der Waals surface area contributed by atoms with Gasteiger partial charge < -0.3 is 15.4 Å². The van der Waals surface area contributed by atoms with Crippen molar-refractivity contribution in [3.05, 3.63) is 88.9 Å². The first-order valence-electron chi connectivity index (χ1n) is 8.67. The molecule has 6 heteroatoms. The van der Waals surface area contributed by atoms with Gasteiger partial charge in [0.05, 0.1) is 5.02 Å². The first-order valence-corrected chi connectivity index (χ1v) is 9.05. The highest BCUT2D eigenvalue weighted by Crippen LogP contribution is 2.23. The van der Waals surface area contributed by atoms with Gasteiger partial charge in [-0.2, -0.15) is 0 Å². The fourth-order valence-corrected chi connectivity index (χ4v) is 2.76. The molecular formula is C22H19ClN2O3. The lowest BCUT2D eigenvalue weighted by Crippen LogP contribution is -2.20. The van der Waals surface area contributed by atoms with Crippen LogP contribution in [0.25, 0.3) is 0 Å². The molecule has 0 radical (unpaired) electrons. The minimum atomic E-state index is -0.309. The first kappa shape index (κ1) is 19.5. The Kier molecular flexibility index (Phi) is 6.29. The van der Waals surface area contributed by atoms with E-state index in [1.54, 1.807) is 54.6 Å². The molecule has 0 spiro atoms. The number of carbonyl (C=O) groups excluding carboxylic acids is 2. The number of hydrogen-bond donors (Lipinski definition) is 2. The van der Waals surface area contributed by atoms with E-state index in [1.165, 1.54) is 0 Å². The number of nitrogens with one attached hydrogen (secondary N) is 2. The summed E-state index contributed by atoms with van der Waals surface area (Å²) >= 11 is 5.99.